The van der Waals surface area contributed by atoms with Crippen LogP contribution >= 0.6 is 24.2 Å². The van der Waals surface area contributed by atoms with Crippen molar-refractivity contribution in [3.8, 4) is 6.07 Å². The molecule has 1 aliphatic rings. The van der Waals surface area contributed by atoms with E-state index in [0.29, 0.717) is 23.9 Å². The second kappa shape index (κ2) is 8.08. The molecular formula is C15H16ClN3O2S. The molecule has 0 spiro atoms. The molecular weight excluding hydrogens is 322 g/mol. The molecule has 0 radical (unpaired) electrons. The number of nitriles is 1. The Kier molecular flexibility index (Phi) is 6.13. The van der Waals surface area contributed by atoms with Crippen LogP contribution in [0.4, 0.5) is 5.69 Å². The number of hydrogen-bond acceptors (Lipinski definition) is 5. The maximum absolute atomic E-state index is 12.1. The van der Waals surface area contributed by atoms with Crippen LogP contribution in [-0.4, -0.2) is 25.2 Å². The minimum absolute atomic E-state index is 0.0174. The fourth-order valence-corrected chi connectivity index (χ4v) is 2.52. The smallest absolute Gasteiger partial charge is 0.264 e. The number of rotatable bonds is 5. The number of anilines is 1. The highest BCUT2D eigenvalue weighted by atomic mass is 35.5. The number of para-hydroxylation sites is 1. The van der Waals surface area contributed by atoms with Crippen molar-refractivity contribution in [3.05, 3.63) is 39.9 Å². The predicted molar refractivity (Wildman–Crippen MR) is 88.7 cm³/mol. The van der Waals surface area contributed by atoms with E-state index in [9.17, 15) is 10.1 Å². The third-order valence-electron chi connectivity index (χ3n) is 3.22. The molecule has 1 aliphatic heterocycles. The highest BCUT2D eigenvalue weighted by Gasteiger charge is 2.19. The number of ether oxygens (including phenoxy) is 1. The molecule has 1 unspecified atom stereocenters. The van der Waals surface area contributed by atoms with E-state index in [0.717, 1.165) is 12.8 Å². The van der Waals surface area contributed by atoms with Crippen LogP contribution in [0.25, 0.3) is 0 Å². The number of carbonyl (C=O) groups excluding carboxylic acids is 1. The molecule has 1 fully saturated rings. The zero-order valence-electron chi connectivity index (χ0n) is 11.8. The van der Waals surface area contributed by atoms with Gasteiger partial charge < -0.3 is 15.4 Å². The Morgan fingerprint density at radius 2 is 2.27 bits per heavy atom. The summed E-state index contributed by atoms with van der Waals surface area (Å²) in [6.45, 7) is 1.10. The summed E-state index contributed by atoms with van der Waals surface area (Å²) in [4.78, 5) is 12.1. The van der Waals surface area contributed by atoms with Crippen LogP contribution < -0.4 is 10.6 Å². The van der Waals surface area contributed by atoms with E-state index in [1.54, 1.807) is 24.3 Å². The number of carbonyl (C=O) groups is 1. The largest absolute Gasteiger partial charge is 0.376 e. The van der Waals surface area contributed by atoms with Gasteiger partial charge in [-0.25, -0.2) is 0 Å². The Morgan fingerprint density at radius 1 is 1.50 bits per heavy atom. The van der Waals surface area contributed by atoms with Crippen molar-refractivity contribution in [2.75, 3.05) is 18.5 Å². The van der Waals surface area contributed by atoms with E-state index in [2.05, 4.69) is 23.3 Å². The molecule has 7 heteroatoms. The van der Waals surface area contributed by atoms with Crippen molar-refractivity contribution in [2.45, 2.75) is 18.9 Å². The van der Waals surface area contributed by atoms with E-state index in [1.807, 2.05) is 6.07 Å². The maximum Gasteiger partial charge on any atom is 0.264 e. The third-order valence-corrected chi connectivity index (χ3v) is 3.88. The second-order valence-electron chi connectivity index (χ2n) is 4.79. The van der Waals surface area contributed by atoms with E-state index in [-0.39, 0.29) is 16.7 Å². The number of nitrogens with one attached hydrogen (secondary N) is 2. The van der Waals surface area contributed by atoms with Crippen LogP contribution in [0, 0.1) is 11.3 Å². The lowest BCUT2D eigenvalue weighted by molar-refractivity contribution is -0.117. The van der Waals surface area contributed by atoms with E-state index >= 15 is 0 Å². The Morgan fingerprint density at radius 3 is 2.91 bits per heavy atom. The minimum atomic E-state index is -0.484. The molecule has 0 bridgehead atoms. The highest BCUT2D eigenvalue weighted by molar-refractivity contribution is 7.84. The van der Waals surface area contributed by atoms with Gasteiger partial charge in [0.2, 0.25) is 0 Å². The Bertz CT molecular complexity index is 621. The zero-order chi connectivity index (χ0) is 15.9. The van der Waals surface area contributed by atoms with Crippen LogP contribution in [-0.2, 0) is 9.53 Å². The SMILES string of the molecule is N#C/C(C(=O)NCC1CCCO1)=C(/S)Nc1ccccc1Cl. The first-order valence-corrected chi connectivity index (χ1v) is 7.69. The monoisotopic (exact) mass is 337 g/mol. The fourth-order valence-electron chi connectivity index (χ4n) is 2.06. The number of hydrogen-bond donors (Lipinski definition) is 3. The summed E-state index contributed by atoms with van der Waals surface area (Å²) >= 11 is 10.2. The topological polar surface area (TPSA) is 74.2 Å². The lowest BCUT2D eigenvalue weighted by Gasteiger charge is -2.12. The molecule has 1 atom stereocenters. The standard InChI is InChI=1S/C15H16ClN3O2S/c16-12-5-1-2-6-13(12)19-15(22)11(8-17)14(20)18-9-10-4-3-7-21-10/h1-2,5-6,10,19,22H,3-4,7,9H2,(H,18,20)/b15-11-. The molecule has 1 aromatic carbocycles. The van der Waals surface area contributed by atoms with Crippen molar-refractivity contribution < 1.29 is 9.53 Å². The Hall–Kier alpha value is -1.68. The van der Waals surface area contributed by atoms with Crippen LogP contribution in [0.15, 0.2) is 34.9 Å². The summed E-state index contributed by atoms with van der Waals surface area (Å²) < 4.78 is 5.42. The molecule has 22 heavy (non-hydrogen) atoms. The van der Waals surface area contributed by atoms with Crippen molar-refractivity contribution in [3.63, 3.8) is 0 Å². The fraction of sp³-hybridized carbons (Fsp3) is 0.333. The Balaban J connectivity index is 2.02. The molecule has 1 saturated heterocycles. The van der Waals surface area contributed by atoms with E-state index in [4.69, 9.17) is 16.3 Å². The molecule has 1 amide bonds. The first kappa shape index (κ1) is 16.7. The number of halogens is 1. The first-order valence-electron chi connectivity index (χ1n) is 6.86. The van der Waals surface area contributed by atoms with E-state index < -0.39 is 5.91 Å². The Labute approximate surface area is 139 Å². The van der Waals surface area contributed by atoms with Gasteiger partial charge >= 0.3 is 0 Å². The molecule has 0 saturated carbocycles. The van der Waals surface area contributed by atoms with E-state index in [1.165, 1.54) is 0 Å². The van der Waals surface area contributed by atoms with Crippen molar-refractivity contribution in [1.29, 1.82) is 5.26 Å². The van der Waals surface area contributed by atoms with Crippen LogP contribution in [0.2, 0.25) is 5.02 Å². The van der Waals surface area contributed by atoms with Gasteiger partial charge in [0.1, 0.15) is 11.6 Å². The van der Waals surface area contributed by atoms with Gasteiger partial charge in [-0.15, -0.1) is 12.6 Å². The second-order valence-corrected chi connectivity index (χ2v) is 5.64. The molecule has 1 heterocycles. The average molecular weight is 338 g/mol. The first-order chi connectivity index (χ1) is 10.6. The third kappa shape index (κ3) is 4.41. The van der Waals surface area contributed by atoms with Crippen LogP contribution in [0.3, 0.4) is 0 Å². The van der Waals surface area contributed by atoms with Gasteiger partial charge in [-0.05, 0) is 25.0 Å². The molecule has 2 rings (SSSR count). The predicted octanol–water partition coefficient (Wildman–Crippen LogP) is 2.71. The van der Waals surface area contributed by atoms with Crippen molar-refractivity contribution >= 4 is 35.8 Å². The molecule has 0 aromatic heterocycles. The normalized spacial score (nSPS) is 18.3. The lowest BCUT2D eigenvalue weighted by atomic mass is 10.2. The maximum atomic E-state index is 12.1. The van der Waals surface area contributed by atoms with Crippen LogP contribution in [0.1, 0.15) is 12.8 Å². The summed E-state index contributed by atoms with van der Waals surface area (Å²) in [5.74, 6) is -0.484. The van der Waals surface area contributed by atoms with Gasteiger partial charge in [0, 0.05) is 13.2 Å². The summed E-state index contributed by atoms with van der Waals surface area (Å²) in [7, 11) is 0. The summed E-state index contributed by atoms with van der Waals surface area (Å²) in [5, 5.41) is 15.4. The quantitative estimate of drug-likeness (QED) is 0.439. The molecule has 2 N–H and O–H groups in total. The number of thiol groups is 1. The molecule has 0 aliphatic carbocycles. The van der Waals surface area contributed by atoms with Crippen molar-refractivity contribution in [1.82, 2.24) is 5.32 Å². The van der Waals surface area contributed by atoms with Gasteiger partial charge in [-0.2, -0.15) is 5.26 Å². The average Bonchev–Trinajstić information content (AvgIpc) is 3.01. The molecule has 116 valence electrons. The van der Waals surface area contributed by atoms with Gasteiger partial charge in [0.15, 0.2) is 0 Å². The molecule has 5 nitrogen and oxygen atoms in total. The minimum Gasteiger partial charge on any atom is -0.376 e. The number of amides is 1. The summed E-state index contributed by atoms with van der Waals surface area (Å²) in [5.41, 5.74) is 0.482. The summed E-state index contributed by atoms with van der Waals surface area (Å²) in [6, 6.07) is 8.88. The van der Waals surface area contributed by atoms with Crippen LogP contribution in [0.5, 0.6) is 0 Å². The van der Waals surface area contributed by atoms with Gasteiger partial charge in [-0.3, -0.25) is 4.79 Å². The number of nitrogens with zero attached hydrogens (tertiary/aromatic N) is 1. The van der Waals surface area contributed by atoms with Gasteiger partial charge in [0.05, 0.1) is 21.8 Å². The zero-order valence-corrected chi connectivity index (χ0v) is 13.5. The highest BCUT2D eigenvalue weighted by Crippen LogP contribution is 2.24. The lowest BCUT2D eigenvalue weighted by Crippen LogP contribution is -2.33. The molecule has 1 aromatic rings. The van der Waals surface area contributed by atoms with Gasteiger partial charge in [0.25, 0.3) is 5.91 Å². The van der Waals surface area contributed by atoms with Crippen molar-refractivity contribution in [2.24, 2.45) is 0 Å². The number of benzene rings is 1. The summed E-state index contributed by atoms with van der Waals surface area (Å²) in [6.07, 6.45) is 1.92. The van der Waals surface area contributed by atoms with Gasteiger partial charge in [-0.1, -0.05) is 23.7 Å².